The maximum atomic E-state index is 13.1. The molecule has 2 aromatic rings. The Balaban J connectivity index is 1.32. The number of amides is 1. The van der Waals surface area contributed by atoms with E-state index in [9.17, 15) is 4.79 Å². The van der Waals surface area contributed by atoms with Crippen LogP contribution in [0, 0.1) is 0 Å². The van der Waals surface area contributed by atoms with Gasteiger partial charge >= 0.3 is 0 Å². The van der Waals surface area contributed by atoms with Crippen molar-refractivity contribution in [3.63, 3.8) is 0 Å². The number of carbonyl (C=O) groups excluding carboxylic acids is 1. The number of rotatable bonds is 2. The highest BCUT2D eigenvalue weighted by Gasteiger charge is 2.46. The number of para-hydroxylation sites is 2. The Bertz CT molecular complexity index is 762. The van der Waals surface area contributed by atoms with Gasteiger partial charge in [0.05, 0.1) is 6.04 Å². The molecular formula is C19H21N3O3. The molecule has 3 aliphatic rings. The highest BCUT2D eigenvalue weighted by molar-refractivity contribution is 5.83. The Kier molecular flexibility index (Phi) is 3.43. The molecule has 4 heterocycles. The molecule has 0 spiro atoms. The first kappa shape index (κ1) is 14.8. The summed E-state index contributed by atoms with van der Waals surface area (Å²) in [5.74, 6) is 1.44. The number of carbonyl (C=O) groups is 1. The summed E-state index contributed by atoms with van der Waals surface area (Å²) >= 11 is 0. The SMILES string of the molecule is O=C(C1COc2ccccc2O1)N1C2CCC1CC(n1cccn1)C2. The number of fused-ring (bicyclic) bond motifs is 3. The molecule has 130 valence electrons. The second kappa shape index (κ2) is 5.79. The van der Waals surface area contributed by atoms with Crippen LogP contribution in [-0.4, -0.2) is 45.4 Å². The van der Waals surface area contributed by atoms with Gasteiger partial charge in [-0.3, -0.25) is 9.48 Å². The lowest BCUT2D eigenvalue weighted by Crippen LogP contribution is -2.53. The highest BCUT2D eigenvalue weighted by atomic mass is 16.6. The Morgan fingerprint density at radius 2 is 1.80 bits per heavy atom. The van der Waals surface area contributed by atoms with Crippen LogP contribution < -0.4 is 9.47 Å². The van der Waals surface area contributed by atoms with E-state index in [0.29, 0.717) is 17.5 Å². The molecule has 2 fully saturated rings. The van der Waals surface area contributed by atoms with Crippen molar-refractivity contribution in [3.05, 3.63) is 42.7 Å². The van der Waals surface area contributed by atoms with Crippen LogP contribution in [0.15, 0.2) is 42.7 Å². The van der Waals surface area contributed by atoms with Gasteiger partial charge in [-0.25, -0.2) is 0 Å². The minimum Gasteiger partial charge on any atom is -0.485 e. The van der Waals surface area contributed by atoms with E-state index in [4.69, 9.17) is 9.47 Å². The molecule has 3 aliphatic heterocycles. The standard InChI is InChI=1S/C19H21N3O3/c23-19(18-12-24-16-4-1-2-5-17(16)25-18)22-13-6-7-14(22)11-15(10-13)21-9-3-8-20-21/h1-5,8-9,13-15,18H,6-7,10-12H2. The Morgan fingerprint density at radius 1 is 1.04 bits per heavy atom. The molecular weight excluding hydrogens is 318 g/mol. The first-order chi connectivity index (χ1) is 12.3. The number of benzene rings is 1. The summed E-state index contributed by atoms with van der Waals surface area (Å²) in [6.45, 7) is 0.286. The van der Waals surface area contributed by atoms with Crippen LogP contribution in [-0.2, 0) is 4.79 Å². The molecule has 6 heteroatoms. The lowest BCUT2D eigenvalue weighted by atomic mass is 9.96. The summed E-state index contributed by atoms with van der Waals surface area (Å²) < 4.78 is 13.7. The van der Waals surface area contributed by atoms with Crippen LogP contribution in [0.4, 0.5) is 0 Å². The molecule has 5 rings (SSSR count). The predicted octanol–water partition coefficient (Wildman–Crippen LogP) is 2.42. The van der Waals surface area contributed by atoms with E-state index in [1.54, 1.807) is 0 Å². The van der Waals surface area contributed by atoms with Gasteiger partial charge in [0.1, 0.15) is 6.61 Å². The lowest BCUT2D eigenvalue weighted by molar-refractivity contribution is -0.146. The second-order valence-electron chi connectivity index (χ2n) is 7.11. The molecule has 2 bridgehead atoms. The van der Waals surface area contributed by atoms with E-state index in [1.807, 2.05) is 47.4 Å². The van der Waals surface area contributed by atoms with Crippen molar-refractivity contribution < 1.29 is 14.3 Å². The molecule has 0 aliphatic carbocycles. The summed E-state index contributed by atoms with van der Waals surface area (Å²) in [7, 11) is 0. The van der Waals surface area contributed by atoms with E-state index in [1.165, 1.54) is 0 Å². The fourth-order valence-electron chi connectivity index (χ4n) is 4.53. The van der Waals surface area contributed by atoms with Crippen molar-refractivity contribution in [3.8, 4) is 11.5 Å². The molecule has 0 saturated carbocycles. The van der Waals surface area contributed by atoms with Gasteiger partial charge in [0, 0.05) is 24.5 Å². The van der Waals surface area contributed by atoms with Gasteiger partial charge in [-0.1, -0.05) is 12.1 Å². The molecule has 0 radical (unpaired) electrons. The second-order valence-corrected chi connectivity index (χ2v) is 7.11. The molecule has 3 unspecified atom stereocenters. The van der Waals surface area contributed by atoms with Gasteiger partial charge in [0.2, 0.25) is 6.10 Å². The van der Waals surface area contributed by atoms with Gasteiger partial charge in [-0.05, 0) is 43.9 Å². The van der Waals surface area contributed by atoms with Crippen molar-refractivity contribution >= 4 is 5.91 Å². The molecule has 1 aromatic heterocycles. The number of hydrogen-bond donors (Lipinski definition) is 0. The summed E-state index contributed by atoms with van der Waals surface area (Å²) in [4.78, 5) is 15.2. The van der Waals surface area contributed by atoms with E-state index >= 15 is 0 Å². The van der Waals surface area contributed by atoms with Crippen LogP contribution in [0.1, 0.15) is 31.7 Å². The van der Waals surface area contributed by atoms with Crippen molar-refractivity contribution in [1.29, 1.82) is 0 Å². The summed E-state index contributed by atoms with van der Waals surface area (Å²) in [6.07, 6.45) is 7.37. The third kappa shape index (κ3) is 2.47. The van der Waals surface area contributed by atoms with Crippen molar-refractivity contribution in [1.82, 2.24) is 14.7 Å². The van der Waals surface area contributed by atoms with Gasteiger partial charge in [-0.2, -0.15) is 5.10 Å². The zero-order valence-corrected chi connectivity index (χ0v) is 14.0. The van der Waals surface area contributed by atoms with Crippen molar-refractivity contribution in [2.24, 2.45) is 0 Å². The number of hydrogen-bond acceptors (Lipinski definition) is 4. The topological polar surface area (TPSA) is 56.6 Å². The number of aromatic nitrogens is 2. The first-order valence-corrected chi connectivity index (χ1v) is 8.99. The van der Waals surface area contributed by atoms with E-state index < -0.39 is 6.10 Å². The molecule has 25 heavy (non-hydrogen) atoms. The average Bonchev–Trinajstić information content (AvgIpc) is 3.27. The maximum Gasteiger partial charge on any atom is 0.267 e. The van der Waals surface area contributed by atoms with Crippen LogP contribution in [0.2, 0.25) is 0 Å². The highest BCUT2D eigenvalue weighted by Crippen LogP contribution is 2.41. The third-order valence-corrected chi connectivity index (χ3v) is 5.65. The normalized spacial score (nSPS) is 30.3. The van der Waals surface area contributed by atoms with E-state index in [-0.39, 0.29) is 24.6 Å². The van der Waals surface area contributed by atoms with Gasteiger partial charge in [-0.15, -0.1) is 0 Å². The lowest BCUT2D eigenvalue weighted by Gasteiger charge is -2.41. The van der Waals surface area contributed by atoms with Gasteiger partial charge in [0.25, 0.3) is 5.91 Å². The smallest absolute Gasteiger partial charge is 0.267 e. The average molecular weight is 339 g/mol. The monoisotopic (exact) mass is 339 g/mol. The summed E-state index contributed by atoms with van der Waals surface area (Å²) in [5, 5.41) is 4.39. The maximum absolute atomic E-state index is 13.1. The quantitative estimate of drug-likeness (QED) is 0.843. The number of ether oxygens (including phenoxy) is 2. The molecule has 3 atom stereocenters. The van der Waals surface area contributed by atoms with E-state index in [2.05, 4.69) is 10.00 Å². The molecule has 0 N–H and O–H groups in total. The Labute approximate surface area is 146 Å². The predicted molar refractivity (Wildman–Crippen MR) is 90.5 cm³/mol. The molecule has 6 nitrogen and oxygen atoms in total. The number of nitrogens with zero attached hydrogens (tertiary/aromatic N) is 3. The van der Waals surface area contributed by atoms with Gasteiger partial charge < -0.3 is 14.4 Å². The summed E-state index contributed by atoms with van der Waals surface area (Å²) in [6, 6.07) is 10.4. The minimum atomic E-state index is -0.542. The van der Waals surface area contributed by atoms with Gasteiger partial charge in [0.15, 0.2) is 11.5 Å². The van der Waals surface area contributed by atoms with E-state index in [0.717, 1.165) is 25.7 Å². The Morgan fingerprint density at radius 3 is 2.52 bits per heavy atom. The largest absolute Gasteiger partial charge is 0.485 e. The summed E-state index contributed by atoms with van der Waals surface area (Å²) in [5.41, 5.74) is 0. The van der Waals surface area contributed by atoms with Crippen LogP contribution in [0.3, 0.4) is 0 Å². The third-order valence-electron chi connectivity index (χ3n) is 5.65. The molecule has 2 saturated heterocycles. The van der Waals surface area contributed by atoms with Crippen LogP contribution in [0.5, 0.6) is 11.5 Å². The first-order valence-electron chi connectivity index (χ1n) is 8.99. The fraction of sp³-hybridized carbons (Fsp3) is 0.474. The zero-order chi connectivity index (χ0) is 16.8. The number of piperidine rings is 1. The Hall–Kier alpha value is -2.50. The zero-order valence-electron chi connectivity index (χ0n) is 14.0. The van der Waals surface area contributed by atoms with Crippen molar-refractivity contribution in [2.75, 3.05) is 6.61 Å². The van der Waals surface area contributed by atoms with Crippen LogP contribution in [0.25, 0.3) is 0 Å². The molecule has 1 amide bonds. The molecule has 1 aromatic carbocycles. The minimum absolute atomic E-state index is 0.0703. The van der Waals surface area contributed by atoms with Crippen LogP contribution >= 0.6 is 0 Å². The van der Waals surface area contributed by atoms with Crippen molar-refractivity contribution in [2.45, 2.75) is 49.9 Å². The fourth-order valence-corrected chi connectivity index (χ4v) is 4.53.